The van der Waals surface area contributed by atoms with Gasteiger partial charge in [0.1, 0.15) is 0 Å². The number of aromatic nitrogens is 1. The number of carboxylic acids is 1. The van der Waals surface area contributed by atoms with Crippen molar-refractivity contribution in [1.29, 1.82) is 0 Å². The summed E-state index contributed by atoms with van der Waals surface area (Å²) in [5.41, 5.74) is 1.17. The Balaban J connectivity index is 0.000000166. The third-order valence-corrected chi connectivity index (χ3v) is 21.0. The smallest absolute Gasteiger partial charge is 0.335 e. The minimum Gasteiger partial charge on any atom is -0.478 e. The average Bonchev–Trinajstić information content (AvgIpc) is 3.30. The molecule has 1 aromatic carbocycles. The number of aromatic carboxylic acids is 1. The molecule has 169 valence electrons. The SMILES string of the molecule is C1CC[CH]([Sn]([CH]2CCCCC2)[CH]2CCCCC2)CC1.O=C(O)c1ccc2cc[nH]c2c1. The number of rotatable bonds is 4. The average molecular weight is 529 g/mol. The van der Waals surface area contributed by atoms with Gasteiger partial charge in [-0.3, -0.25) is 0 Å². The zero-order valence-electron chi connectivity index (χ0n) is 19.1. The number of carboxylic acid groups (broad SMARTS) is 1. The second-order valence-electron chi connectivity index (χ2n) is 10.1. The molecule has 0 amide bonds. The van der Waals surface area contributed by atoms with Gasteiger partial charge in [-0.2, -0.15) is 0 Å². The first-order chi connectivity index (χ1) is 15.2. The summed E-state index contributed by atoms with van der Waals surface area (Å²) < 4.78 is 3.96. The maximum Gasteiger partial charge on any atom is 0.335 e. The van der Waals surface area contributed by atoms with Crippen molar-refractivity contribution in [2.45, 2.75) is 108 Å². The van der Waals surface area contributed by atoms with Crippen LogP contribution in [-0.4, -0.2) is 35.8 Å². The molecule has 1 heterocycles. The van der Waals surface area contributed by atoms with Gasteiger partial charge in [-0.05, 0) is 23.6 Å². The Labute approximate surface area is 195 Å². The van der Waals surface area contributed by atoms with Crippen LogP contribution in [0.25, 0.3) is 10.9 Å². The zero-order chi connectivity index (χ0) is 21.5. The van der Waals surface area contributed by atoms with E-state index in [4.69, 9.17) is 5.11 Å². The predicted octanol–water partition coefficient (Wildman–Crippen LogP) is 8.35. The van der Waals surface area contributed by atoms with Crippen LogP contribution in [-0.2, 0) is 0 Å². The summed E-state index contributed by atoms with van der Waals surface area (Å²) in [4.78, 5) is 13.5. The summed E-state index contributed by atoms with van der Waals surface area (Å²) >= 11 is -1.15. The quantitative estimate of drug-likeness (QED) is 0.391. The minimum absolute atomic E-state index is 0.310. The van der Waals surface area contributed by atoms with E-state index in [1.54, 1.807) is 121 Å². The molecule has 0 bridgehead atoms. The van der Waals surface area contributed by atoms with Crippen molar-refractivity contribution in [2.75, 3.05) is 0 Å². The number of benzene rings is 1. The molecule has 0 saturated heterocycles. The van der Waals surface area contributed by atoms with Crippen molar-refractivity contribution in [2.24, 2.45) is 0 Å². The van der Waals surface area contributed by atoms with Crippen molar-refractivity contribution in [3.63, 3.8) is 0 Å². The first-order valence-corrected chi connectivity index (χ1v) is 17.8. The van der Waals surface area contributed by atoms with Crippen molar-refractivity contribution >= 4 is 36.6 Å². The molecule has 3 aliphatic carbocycles. The van der Waals surface area contributed by atoms with Crippen molar-refractivity contribution in [3.8, 4) is 0 Å². The molecule has 0 atom stereocenters. The van der Waals surface area contributed by atoms with Crippen molar-refractivity contribution in [3.05, 3.63) is 36.0 Å². The molecular formula is C27H40NO2Sn. The second-order valence-corrected chi connectivity index (χ2v) is 19.9. The maximum atomic E-state index is 10.6. The van der Waals surface area contributed by atoms with E-state index in [2.05, 4.69) is 4.98 Å². The largest absolute Gasteiger partial charge is 0.478 e. The normalized spacial score (nSPS) is 21.7. The van der Waals surface area contributed by atoms with Gasteiger partial charge >= 0.3 is 134 Å². The van der Waals surface area contributed by atoms with Gasteiger partial charge in [0.05, 0.1) is 5.56 Å². The van der Waals surface area contributed by atoms with Gasteiger partial charge in [-0.15, -0.1) is 0 Å². The van der Waals surface area contributed by atoms with Crippen molar-refractivity contribution < 1.29 is 9.90 Å². The summed E-state index contributed by atoms with van der Waals surface area (Å²) in [5.74, 6) is -0.897. The van der Waals surface area contributed by atoms with E-state index >= 15 is 0 Å². The molecule has 1 radical (unpaired) electrons. The Kier molecular flexibility index (Phi) is 8.80. The summed E-state index contributed by atoms with van der Waals surface area (Å²) in [6.45, 7) is 0. The van der Waals surface area contributed by atoms with E-state index in [0.717, 1.165) is 10.9 Å². The molecule has 4 heteroatoms. The predicted molar refractivity (Wildman–Crippen MR) is 132 cm³/mol. The van der Waals surface area contributed by atoms with Crippen LogP contribution in [0.15, 0.2) is 30.5 Å². The fraction of sp³-hybridized carbons (Fsp3) is 0.667. The molecule has 5 rings (SSSR count). The summed E-state index contributed by atoms with van der Waals surface area (Å²) in [7, 11) is 0. The fourth-order valence-electron chi connectivity index (χ4n) is 6.49. The summed E-state index contributed by atoms with van der Waals surface area (Å²) in [5, 5.41) is 9.70. The monoisotopic (exact) mass is 530 g/mol. The molecule has 31 heavy (non-hydrogen) atoms. The van der Waals surface area contributed by atoms with Crippen LogP contribution in [0.5, 0.6) is 0 Å². The van der Waals surface area contributed by atoms with Crippen LogP contribution in [0.4, 0.5) is 0 Å². The first-order valence-electron chi connectivity index (χ1n) is 12.9. The Morgan fingerprint density at radius 2 is 1.23 bits per heavy atom. The summed E-state index contributed by atoms with van der Waals surface area (Å²) in [6, 6.07) is 6.91. The molecule has 3 saturated carbocycles. The fourth-order valence-corrected chi connectivity index (χ4v) is 21.4. The number of H-pyrrole nitrogens is 1. The number of hydrogen-bond acceptors (Lipinski definition) is 1. The number of aromatic amines is 1. The van der Waals surface area contributed by atoms with Gasteiger partial charge < -0.3 is 10.1 Å². The molecule has 2 aromatic rings. The standard InChI is InChI=1S/C9H7NO2.3C6H11.Sn/c11-9(12)7-2-1-6-3-4-10-8(6)5-7;3*1-2-4-6-5-3-1;/h1-5,10H,(H,11,12);3*1H,2-6H2;. The first kappa shape index (κ1) is 23.2. The Bertz CT molecular complexity index is 771. The van der Waals surface area contributed by atoms with Crippen LogP contribution >= 0.6 is 0 Å². The third kappa shape index (κ3) is 6.30. The van der Waals surface area contributed by atoms with Gasteiger partial charge in [-0.1, -0.05) is 6.07 Å². The Hall–Kier alpha value is -0.971. The molecule has 1 aromatic heterocycles. The minimum atomic E-state index is -1.15. The Morgan fingerprint density at radius 3 is 1.68 bits per heavy atom. The van der Waals surface area contributed by atoms with Crippen LogP contribution in [0, 0.1) is 0 Å². The zero-order valence-corrected chi connectivity index (χ0v) is 21.9. The summed E-state index contributed by atoms with van der Waals surface area (Å²) in [6.07, 6.45) is 26.0. The van der Waals surface area contributed by atoms with Gasteiger partial charge in [0.25, 0.3) is 0 Å². The topological polar surface area (TPSA) is 53.1 Å². The molecule has 3 nitrogen and oxygen atoms in total. The van der Waals surface area contributed by atoms with E-state index in [0.29, 0.717) is 5.56 Å². The van der Waals surface area contributed by atoms with Crippen LogP contribution in [0.1, 0.15) is 107 Å². The van der Waals surface area contributed by atoms with Crippen LogP contribution in [0.3, 0.4) is 0 Å². The third-order valence-electron chi connectivity index (χ3n) is 8.03. The van der Waals surface area contributed by atoms with E-state index in [1.807, 2.05) is 6.07 Å². The van der Waals surface area contributed by atoms with E-state index < -0.39 is 25.7 Å². The molecule has 3 aliphatic rings. The van der Waals surface area contributed by atoms with E-state index in [-0.39, 0.29) is 0 Å². The van der Waals surface area contributed by atoms with E-state index in [1.165, 1.54) is 11.8 Å². The number of carbonyl (C=O) groups is 1. The molecule has 2 N–H and O–H groups in total. The number of hydrogen-bond donors (Lipinski definition) is 2. The molecule has 0 unspecified atom stereocenters. The second kappa shape index (κ2) is 11.8. The number of fused-ring (bicyclic) bond motifs is 1. The molecule has 0 spiro atoms. The molecule has 0 aliphatic heterocycles. The van der Waals surface area contributed by atoms with Gasteiger partial charge in [-0.25, -0.2) is 4.79 Å². The number of nitrogens with one attached hydrogen (secondary N) is 1. The van der Waals surface area contributed by atoms with E-state index in [9.17, 15) is 4.79 Å². The molecule has 3 fully saturated rings. The van der Waals surface area contributed by atoms with Crippen molar-refractivity contribution in [1.82, 2.24) is 4.98 Å². The van der Waals surface area contributed by atoms with Gasteiger partial charge in [0, 0.05) is 11.7 Å². The molecular weight excluding hydrogens is 489 g/mol. The maximum absolute atomic E-state index is 10.6. The van der Waals surface area contributed by atoms with Gasteiger partial charge in [0.15, 0.2) is 0 Å². The van der Waals surface area contributed by atoms with Crippen LogP contribution < -0.4 is 0 Å². The van der Waals surface area contributed by atoms with Gasteiger partial charge in [0.2, 0.25) is 0 Å². The van der Waals surface area contributed by atoms with Crippen LogP contribution in [0.2, 0.25) is 11.8 Å². The Morgan fingerprint density at radius 1 is 0.742 bits per heavy atom.